The van der Waals surface area contributed by atoms with Crippen LogP contribution in [0.2, 0.25) is 0 Å². The van der Waals surface area contributed by atoms with Crippen molar-refractivity contribution in [2.75, 3.05) is 19.8 Å². The molecule has 0 unspecified atom stereocenters. The first-order valence-corrected chi connectivity index (χ1v) is 13.0. The van der Waals surface area contributed by atoms with Crippen LogP contribution >= 0.6 is 39.9 Å². The Labute approximate surface area is 217 Å². The molecule has 0 atom stereocenters. The summed E-state index contributed by atoms with van der Waals surface area (Å²) in [6.45, 7) is 5.30. The van der Waals surface area contributed by atoms with Crippen LogP contribution in [0, 0.1) is 0 Å². The third-order valence-electron chi connectivity index (χ3n) is 4.73. The Morgan fingerprint density at radius 2 is 1.97 bits per heavy atom. The zero-order chi connectivity index (χ0) is 24.5. The first-order chi connectivity index (χ1) is 16.4. The standard InChI is InChI=1S/C25H26BrNO5S2/c1-3-12-31-23(28)10-11-27-24(29)22(34-25(27)33)15-17-8-9-20(21(14-17)30-4-2)32-16-18-6-5-7-19(26)13-18/h5-9,13-15H,3-4,10-12,16H2,1-2H3/b22-15+. The molecule has 1 heterocycles. The number of amides is 1. The predicted molar refractivity (Wildman–Crippen MR) is 142 cm³/mol. The number of halogens is 1. The van der Waals surface area contributed by atoms with E-state index >= 15 is 0 Å². The van der Waals surface area contributed by atoms with Gasteiger partial charge in [0.25, 0.3) is 5.91 Å². The molecular formula is C25H26BrNO5S2. The summed E-state index contributed by atoms with van der Waals surface area (Å²) >= 11 is 10.0. The Morgan fingerprint density at radius 3 is 2.71 bits per heavy atom. The molecule has 3 rings (SSSR count). The number of esters is 1. The van der Waals surface area contributed by atoms with Crippen LogP contribution < -0.4 is 9.47 Å². The maximum absolute atomic E-state index is 12.8. The van der Waals surface area contributed by atoms with Gasteiger partial charge in [0.15, 0.2) is 11.5 Å². The van der Waals surface area contributed by atoms with Crippen molar-refractivity contribution in [1.82, 2.24) is 4.90 Å². The molecule has 0 saturated carbocycles. The lowest BCUT2D eigenvalue weighted by molar-refractivity contribution is -0.143. The molecule has 0 N–H and O–H groups in total. The van der Waals surface area contributed by atoms with Crippen molar-refractivity contribution >= 4 is 62.2 Å². The van der Waals surface area contributed by atoms with Gasteiger partial charge in [0.1, 0.15) is 10.9 Å². The normalized spacial score (nSPS) is 14.6. The lowest BCUT2D eigenvalue weighted by Gasteiger charge is -2.14. The summed E-state index contributed by atoms with van der Waals surface area (Å²) in [5.41, 5.74) is 1.82. The number of benzene rings is 2. The highest BCUT2D eigenvalue weighted by molar-refractivity contribution is 9.10. The van der Waals surface area contributed by atoms with Crippen LogP contribution in [0.1, 0.15) is 37.8 Å². The van der Waals surface area contributed by atoms with Gasteiger partial charge in [-0.1, -0.05) is 65.0 Å². The topological polar surface area (TPSA) is 65.1 Å². The molecule has 1 amide bonds. The molecule has 2 aromatic carbocycles. The Bertz CT molecular complexity index is 1090. The predicted octanol–water partition coefficient (Wildman–Crippen LogP) is 5.97. The average Bonchev–Trinajstić information content (AvgIpc) is 3.08. The van der Waals surface area contributed by atoms with Gasteiger partial charge in [-0.2, -0.15) is 0 Å². The van der Waals surface area contributed by atoms with E-state index in [2.05, 4.69) is 15.9 Å². The number of thiocarbonyl (C=S) groups is 1. The van der Waals surface area contributed by atoms with Crippen LogP contribution in [-0.4, -0.2) is 40.9 Å². The van der Waals surface area contributed by atoms with Crippen molar-refractivity contribution in [2.24, 2.45) is 0 Å². The molecule has 0 spiro atoms. The van der Waals surface area contributed by atoms with E-state index in [-0.39, 0.29) is 24.8 Å². The van der Waals surface area contributed by atoms with Gasteiger partial charge in [-0.05, 0) is 54.8 Å². The summed E-state index contributed by atoms with van der Waals surface area (Å²) in [5.74, 6) is 0.670. The maximum atomic E-state index is 12.8. The first-order valence-electron chi connectivity index (χ1n) is 11.0. The molecular weight excluding hydrogens is 538 g/mol. The van der Waals surface area contributed by atoms with E-state index in [1.165, 1.54) is 16.7 Å². The van der Waals surface area contributed by atoms with Crippen LogP contribution in [-0.2, 0) is 20.9 Å². The van der Waals surface area contributed by atoms with Gasteiger partial charge < -0.3 is 14.2 Å². The second kappa shape index (κ2) is 12.9. The summed E-state index contributed by atoms with van der Waals surface area (Å²) in [6, 6.07) is 13.5. The molecule has 0 bridgehead atoms. The highest BCUT2D eigenvalue weighted by atomic mass is 79.9. The summed E-state index contributed by atoms with van der Waals surface area (Å²) < 4.78 is 18.3. The van der Waals surface area contributed by atoms with Crippen LogP contribution in [0.4, 0.5) is 0 Å². The van der Waals surface area contributed by atoms with E-state index in [0.717, 1.165) is 22.0 Å². The summed E-state index contributed by atoms with van der Waals surface area (Å²) in [5, 5.41) is 0. The van der Waals surface area contributed by atoms with Crippen molar-refractivity contribution in [3.63, 3.8) is 0 Å². The fourth-order valence-electron chi connectivity index (χ4n) is 3.13. The van der Waals surface area contributed by atoms with Gasteiger partial charge in [0.05, 0.1) is 24.5 Å². The van der Waals surface area contributed by atoms with Crippen LogP contribution in [0.5, 0.6) is 11.5 Å². The molecule has 180 valence electrons. The van der Waals surface area contributed by atoms with E-state index in [1.54, 1.807) is 6.08 Å². The second-order valence-electron chi connectivity index (χ2n) is 7.36. The van der Waals surface area contributed by atoms with Crippen molar-refractivity contribution in [2.45, 2.75) is 33.3 Å². The second-order valence-corrected chi connectivity index (χ2v) is 9.95. The number of carbonyl (C=O) groups excluding carboxylic acids is 2. The third kappa shape index (κ3) is 7.32. The smallest absolute Gasteiger partial charge is 0.307 e. The lowest BCUT2D eigenvalue weighted by atomic mass is 10.1. The van der Waals surface area contributed by atoms with Gasteiger partial charge in [0.2, 0.25) is 0 Å². The van der Waals surface area contributed by atoms with Gasteiger partial charge in [-0.3, -0.25) is 14.5 Å². The molecule has 1 aliphatic rings. The number of hydrogen-bond acceptors (Lipinski definition) is 7. The Hall–Kier alpha value is -2.36. The number of carbonyl (C=O) groups is 2. The number of rotatable bonds is 11. The van der Waals surface area contributed by atoms with E-state index in [9.17, 15) is 9.59 Å². The van der Waals surface area contributed by atoms with E-state index in [0.29, 0.717) is 40.5 Å². The summed E-state index contributed by atoms with van der Waals surface area (Å²) in [6.07, 6.45) is 2.64. The summed E-state index contributed by atoms with van der Waals surface area (Å²) in [7, 11) is 0. The molecule has 6 nitrogen and oxygen atoms in total. The van der Waals surface area contributed by atoms with Crippen molar-refractivity contribution in [3.8, 4) is 11.5 Å². The molecule has 9 heteroatoms. The molecule has 1 aliphatic heterocycles. The molecule has 1 fully saturated rings. The number of thioether (sulfide) groups is 1. The molecule has 34 heavy (non-hydrogen) atoms. The van der Waals surface area contributed by atoms with Crippen molar-refractivity contribution in [3.05, 3.63) is 63.0 Å². The highest BCUT2D eigenvalue weighted by Crippen LogP contribution is 2.35. The molecule has 0 aromatic heterocycles. The van der Waals surface area contributed by atoms with E-state index in [1.807, 2.05) is 56.3 Å². The van der Waals surface area contributed by atoms with Gasteiger partial charge in [0, 0.05) is 11.0 Å². The zero-order valence-corrected chi connectivity index (χ0v) is 22.3. The van der Waals surface area contributed by atoms with Gasteiger partial charge in [-0.15, -0.1) is 0 Å². The Kier molecular flexibility index (Phi) is 9.98. The van der Waals surface area contributed by atoms with Crippen LogP contribution in [0.15, 0.2) is 51.8 Å². The SMILES string of the molecule is CCCOC(=O)CCN1C(=O)/C(=C\c2ccc(OCc3cccc(Br)c3)c(OCC)c2)SC1=S. The number of hydrogen-bond donors (Lipinski definition) is 0. The zero-order valence-electron chi connectivity index (χ0n) is 19.0. The quantitative estimate of drug-likeness (QED) is 0.189. The Morgan fingerprint density at radius 1 is 1.15 bits per heavy atom. The number of ether oxygens (including phenoxy) is 3. The maximum Gasteiger partial charge on any atom is 0.307 e. The van der Waals surface area contributed by atoms with E-state index in [4.69, 9.17) is 26.4 Å². The monoisotopic (exact) mass is 563 g/mol. The number of nitrogens with zero attached hydrogens (tertiary/aromatic N) is 1. The lowest BCUT2D eigenvalue weighted by Crippen LogP contribution is -2.30. The first kappa shape index (κ1) is 26.2. The van der Waals surface area contributed by atoms with Gasteiger partial charge >= 0.3 is 5.97 Å². The highest BCUT2D eigenvalue weighted by Gasteiger charge is 2.32. The largest absolute Gasteiger partial charge is 0.490 e. The van der Waals surface area contributed by atoms with Crippen LogP contribution in [0.3, 0.4) is 0 Å². The fourth-order valence-corrected chi connectivity index (χ4v) is 4.88. The molecule has 1 saturated heterocycles. The van der Waals surface area contributed by atoms with Crippen molar-refractivity contribution < 1.29 is 23.8 Å². The minimum absolute atomic E-state index is 0.109. The van der Waals surface area contributed by atoms with E-state index < -0.39 is 0 Å². The van der Waals surface area contributed by atoms with Gasteiger partial charge in [-0.25, -0.2) is 0 Å². The Balaban J connectivity index is 1.69. The molecule has 0 aliphatic carbocycles. The fraction of sp³-hybridized carbons (Fsp3) is 0.320. The minimum atomic E-state index is -0.334. The summed E-state index contributed by atoms with van der Waals surface area (Å²) in [4.78, 5) is 26.6. The molecule has 2 aromatic rings. The molecule has 0 radical (unpaired) electrons. The third-order valence-corrected chi connectivity index (χ3v) is 6.60. The minimum Gasteiger partial charge on any atom is -0.490 e. The van der Waals surface area contributed by atoms with Crippen molar-refractivity contribution in [1.29, 1.82) is 0 Å². The van der Waals surface area contributed by atoms with Crippen LogP contribution in [0.25, 0.3) is 6.08 Å². The average molecular weight is 565 g/mol.